The molecule has 3 aromatic rings. The lowest BCUT2D eigenvalue weighted by Gasteiger charge is -2.18. The molecule has 0 fully saturated rings. The molecule has 146 valence electrons. The summed E-state index contributed by atoms with van der Waals surface area (Å²) in [6.07, 6.45) is 0. The molecule has 1 aromatic heterocycles. The smallest absolute Gasteiger partial charge is 0.270 e. The Kier molecular flexibility index (Phi) is 5.90. The first-order valence-corrected chi connectivity index (χ1v) is 9.89. The molecule has 1 N–H and O–H groups in total. The molecule has 5 heteroatoms. The monoisotopic (exact) mass is 395 g/mol. The van der Waals surface area contributed by atoms with E-state index in [-0.39, 0.29) is 11.9 Å². The maximum atomic E-state index is 13.1. The van der Waals surface area contributed by atoms with Gasteiger partial charge in [0.05, 0.1) is 16.4 Å². The summed E-state index contributed by atoms with van der Waals surface area (Å²) in [6.45, 7) is 10.2. The fourth-order valence-corrected chi connectivity index (χ4v) is 3.15. The van der Waals surface area contributed by atoms with Crippen molar-refractivity contribution in [3.63, 3.8) is 0 Å². The molecule has 1 atom stereocenters. The van der Waals surface area contributed by atoms with Gasteiger partial charge in [0, 0.05) is 11.6 Å². The summed E-state index contributed by atoms with van der Waals surface area (Å²) in [7, 11) is 0. The van der Waals surface area contributed by atoms with E-state index in [2.05, 4.69) is 25.2 Å². The zero-order valence-corrected chi connectivity index (χ0v) is 17.7. The second-order valence-electron chi connectivity index (χ2n) is 7.60. The number of amides is 1. The third kappa shape index (κ3) is 4.12. The number of carbonyl (C=O) groups is 1. The largest absolute Gasteiger partial charge is 0.348 e. The second-order valence-corrected chi connectivity index (χ2v) is 8.01. The predicted octanol–water partition coefficient (Wildman–Crippen LogP) is 5.58. The average Bonchev–Trinajstić information content (AvgIpc) is 3.09. The first-order chi connectivity index (χ1) is 13.3. The lowest BCUT2D eigenvalue weighted by molar-refractivity contribution is 0.0922. The van der Waals surface area contributed by atoms with Crippen LogP contribution in [-0.4, -0.2) is 21.7 Å². The van der Waals surface area contributed by atoms with E-state index < -0.39 is 0 Å². The van der Waals surface area contributed by atoms with Crippen LogP contribution in [0.25, 0.3) is 16.9 Å². The molecular weight excluding hydrogens is 370 g/mol. The molecule has 0 saturated heterocycles. The van der Waals surface area contributed by atoms with E-state index in [1.165, 1.54) is 0 Å². The van der Waals surface area contributed by atoms with Crippen LogP contribution in [-0.2, 0) is 0 Å². The summed E-state index contributed by atoms with van der Waals surface area (Å²) in [5, 5.41) is 8.45. The number of aryl methyl sites for hydroxylation is 2. The normalized spacial score (nSPS) is 12.2. The van der Waals surface area contributed by atoms with Gasteiger partial charge in [-0.2, -0.15) is 5.10 Å². The number of hydrogen-bond acceptors (Lipinski definition) is 2. The highest BCUT2D eigenvalue weighted by Crippen LogP contribution is 2.29. The van der Waals surface area contributed by atoms with Gasteiger partial charge in [0.15, 0.2) is 0 Å². The number of hydrogen-bond donors (Lipinski definition) is 1. The van der Waals surface area contributed by atoms with E-state index in [4.69, 9.17) is 16.7 Å². The predicted molar refractivity (Wildman–Crippen MR) is 115 cm³/mol. The Morgan fingerprint density at radius 2 is 1.79 bits per heavy atom. The van der Waals surface area contributed by atoms with Crippen molar-refractivity contribution < 1.29 is 4.79 Å². The molecule has 3 rings (SSSR count). The van der Waals surface area contributed by atoms with Gasteiger partial charge in [-0.3, -0.25) is 4.79 Å². The summed E-state index contributed by atoms with van der Waals surface area (Å²) in [5.41, 5.74) is 5.02. The van der Waals surface area contributed by atoms with Gasteiger partial charge in [0.25, 0.3) is 5.91 Å². The van der Waals surface area contributed by atoms with Crippen molar-refractivity contribution in [2.24, 2.45) is 5.92 Å². The first-order valence-electron chi connectivity index (χ1n) is 9.51. The van der Waals surface area contributed by atoms with Crippen LogP contribution in [0.5, 0.6) is 0 Å². The van der Waals surface area contributed by atoms with Crippen molar-refractivity contribution in [2.75, 3.05) is 0 Å². The van der Waals surface area contributed by atoms with E-state index in [0.29, 0.717) is 22.3 Å². The summed E-state index contributed by atoms with van der Waals surface area (Å²) in [6, 6.07) is 15.5. The van der Waals surface area contributed by atoms with Gasteiger partial charge in [0.1, 0.15) is 5.69 Å². The minimum Gasteiger partial charge on any atom is -0.348 e. The standard InChI is InChI=1S/C23H26ClN3O/c1-14(2)17(5)25-23(28)22-13-20(18-8-6-7-9-19(18)24)26-27(22)21-12-15(3)10-11-16(21)4/h6-14,17H,1-5H3,(H,25,28). The summed E-state index contributed by atoms with van der Waals surface area (Å²) < 4.78 is 1.73. The molecule has 0 aliphatic rings. The Hall–Kier alpha value is -2.59. The fraction of sp³-hybridized carbons (Fsp3) is 0.304. The van der Waals surface area contributed by atoms with Crippen molar-refractivity contribution in [3.05, 3.63) is 70.4 Å². The molecule has 0 bridgehead atoms. The number of carbonyl (C=O) groups excluding carboxylic acids is 1. The SMILES string of the molecule is Cc1ccc(C)c(-n2nc(-c3ccccc3Cl)cc2C(=O)NC(C)C(C)C)c1. The third-order valence-corrected chi connectivity index (χ3v) is 5.37. The Morgan fingerprint density at radius 3 is 2.46 bits per heavy atom. The maximum absolute atomic E-state index is 13.1. The summed E-state index contributed by atoms with van der Waals surface area (Å²) in [5.74, 6) is 0.192. The van der Waals surface area contributed by atoms with Gasteiger partial charge in [-0.25, -0.2) is 4.68 Å². The summed E-state index contributed by atoms with van der Waals surface area (Å²) >= 11 is 6.38. The van der Waals surface area contributed by atoms with Crippen LogP contribution in [0, 0.1) is 19.8 Å². The van der Waals surface area contributed by atoms with Crippen molar-refractivity contribution in [3.8, 4) is 16.9 Å². The maximum Gasteiger partial charge on any atom is 0.270 e. The van der Waals surface area contributed by atoms with Crippen LogP contribution in [0.3, 0.4) is 0 Å². The third-order valence-electron chi connectivity index (χ3n) is 5.04. The molecule has 1 heterocycles. The number of rotatable bonds is 5. The number of halogens is 1. The van der Waals surface area contributed by atoms with E-state index in [0.717, 1.165) is 22.4 Å². The molecule has 28 heavy (non-hydrogen) atoms. The molecule has 1 unspecified atom stereocenters. The van der Waals surface area contributed by atoms with E-state index in [9.17, 15) is 4.79 Å². The van der Waals surface area contributed by atoms with Crippen LogP contribution in [0.1, 0.15) is 42.4 Å². The van der Waals surface area contributed by atoms with Gasteiger partial charge < -0.3 is 5.32 Å². The van der Waals surface area contributed by atoms with Crippen LogP contribution >= 0.6 is 11.6 Å². The van der Waals surface area contributed by atoms with Gasteiger partial charge in [-0.15, -0.1) is 0 Å². The molecule has 0 radical (unpaired) electrons. The van der Waals surface area contributed by atoms with Gasteiger partial charge in [-0.1, -0.05) is 55.8 Å². The molecule has 1 amide bonds. The number of nitrogens with one attached hydrogen (secondary N) is 1. The van der Waals surface area contributed by atoms with Crippen molar-refractivity contribution in [2.45, 2.75) is 40.7 Å². The van der Waals surface area contributed by atoms with Gasteiger partial charge in [0.2, 0.25) is 0 Å². The highest BCUT2D eigenvalue weighted by Gasteiger charge is 2.21. The van der Waals surface area contributed by atoms with Crippen molar-refractivity contribution in [1.29, 1.82) is 0 Å². The highest BCUT2D eigenvalue weighted by molar-refractivity contribution is 6.33. The van der Waals surface area contributed by atoms with Crippen LogP contribution < -0.4 is 5.32 Å². The Morgan fingerprint density at radius 1 is 1.07 bits per heavy atom. The fourth-order valence-electron chi connectivity index (χ4n) is 2.92. The van der Waals surface area contributed by atoms with E-state index in [1.54, 1.807) is 4.68 Å². The molecule has 0 aliphatic carbocycles. The zero-order valence-electron chi connectivity index (χ0n) is 17.0. The van der Waals surface area contributed by atoms with E-state index >= 15 is 0 Å². The molecule has 0 saturated carbocycles. The molecule has 0 aliphatic heterocycles. The molecular formula is C23H26ClN3O. The van der Waals surface area contributed by atoms with Crippen LogP contribution in [0.4, 0.5) is 0 Å². The number of benzene rings is 2. The lowest BCUT2D eigenvalue weighted by atomic mass is 10.1. The Balaban J connectivity index is 2.15. The second kappa shape index (κ2) is 8.19. The van der Waals surface area contributed by atoms with Crippen LogP contribution in [0.2, 0.25) is 5.02 Å². The topological polar surface area (TPSA) is 46.9 Å². The Bertz CT molecular complexity index is 1010. The average molecular weight is 396 g/mol. The van der Waals surface area contributed by atoms with Crippen molar-refractivity contribution >= 4 is 17.5 Å². The molecule has 4 nitrogen and oxygen atoms in total. The highest BCUT2D eigenvalue weighted by atomic mass is 35.5. The number of nitrogens with zero attached hydrogens (tertiary/aromatic N) is 2. The number of aromatic nitrogens is 2. The minimum atomic E-state index is -0.145. The minimum absolute atomic E-state index is 0.0539. The lowest BCUT2D eigenvalue weighted by Crippen LogP contribution is -2.37. The van der Waals surface area contributed by atoms with Crippen molar-refractivity contribution in [1.82, 2.24) is 15.1 Å². The quantitative estimate of drug-likeness (QED) is 0.612. The summed E-state index contributed by atoms with van der Waals surface area (Å²) in [4.78, 5) is 13.1. The molecule has 0 spiro atoms. The van der Waals surface area contributed by atoms with Crippen LogP contribution in [0.15, 0.2) is 48.5 Å². The zero-order chi connectivity index (χ0) is 20.4. The Labute approximate surface area is 171 Å². The first kappa shape index (κ1) is 20.2. The van der Waals surface area contributed by atoms with E-state index in [1.807, 2.05) is 63.2 Å². The van der Waals surface area contributed by atoms with Gasteiger partial charge >= 0.3 is 0 Å². The molecule has 2 aromatic carbocycles. The van der Waals surface area contributed by atoms with Gasteiger partial charge in [-0.05, 0) is 56.0 Å².